The molecule has 0 amide bonds. The number of nitrogens with one attached hydrogen (secondary N) is 1. The van der Waals surface area contributed by atoms with Crippen LogP contribution in [-0.4, -0.2) is 18.4 Å². The molecule has 2 nitrogen and oxygen atoms in total. The fraction of sp³-hybridized carbons (Fsp3) is 0.462. The van der Waals surface area contributed by atoms with E-state index in [0.717, 1.165) is 0 Å². The van der Waals surface area contributed by atoms with Crippen molar-refractivity contribution < 1.29 is 9.18 Å². The van der Waals surface area contributed by atoms with Crippen molar-refractivity contribution in [3.63, 3.8) is 0 Å². The summed E-state index contributed by atoms with van der Waals surface area (Å²) in [5, 5.41) is 3.16. The predicted octanol–water partition coefficient (Wildman–Crippen LogP) is 3.09. The molecule has 0 fully saturated rings. The van der Waals surface area contributed by atoms with Gasteiger partial charge in [0.25, 0.3) is 0 Å². The highest BCUT2D eigenvalue weighted by molar-refractivity contribution is 9.10. The van der Waals surface area contributed by atoms with E-state index in [-0.39, 0.29) is 18.0 Å². The third-order valence-electron chi connectivity index (χ3n) is 2.36. The lowest BCUT2D eigenvalue weighted by Gasteiger charge is -2.07. The van der Waals surface area contributed by atoms with Crippen LogP contribution < -0.4 is 5.32 Å². The fourth-order valence-corrected chi connectivity index (χ4v) is 1.80. The molecule has 0 saturated heterocycles. The smallest absolute Gasteiger partial charge is 0.138 e. The molecule has 17 heavy (non-hydrogen) atoms. The van der Waals surface area contributed by atoms with Crippen molar-refractivity contribution in [2.45, 2.75) is 32.7 Å². The van der Waals surface area contributed by atoms with Crippen LogP contribution in [0.5, 0.6) is 0 Å². The second kappa shape index (κ2) is 6.87. The molecule has 0 aromatic heterocycles. The summed E-state index contributed by atoms with van der Waals surface area (Å²) in [5.74, 6) is -0.274. The van der Waals surface area contributed by atoms with Gasteiger partial charge in [-0.25, -0.2) is 4.39 Å². The standard InChI is InChI=1S/C13H17BrFNO/c1-9(2)16-6-5-12(17)7-10-3-4-11(14)8-13(10)15/h3-4,8-9,16H,5-7H2,1-2H3. The van der Waals surface area contributed by atoms with Gasteiger partial charge in [-0.1, -0.05) is 35.8 Å². The first-order chi connectivity index (χ1) is 7.99. The minimum absolute atomic E-state index is 0.0550. The molecule has 0 unspecified atom stereocenters. The third-order valence-corrected chi connectivity index (χ3v) is 2.85. The molecule has 0 heterocycles. The Morgan fingerprint density at radius 1 is 1.47 bits per heavy atom. The van der Waals surface area contributed by atoms with Crippen molar-refractivity contribution in [2.75, 3.05) is 6.54 Å². The summed E-state index contributed by atoms with van der Waals surface area (Å²) in [7, 11) is 0. The Balaban J connectivity index is 2.45. The van der Waals surface area contributed by atoms with Gasteiger partial charge in [-0.2, -0.15) is 0 Å². The first-order valence-corrected chi connectivity index (χ1v) is 6.47. The number of ketones is 1. The molecule has 0 aliphatic carbocycles. The van der Waals surface area contributed by atoms with Crippen LogP contribution in [0, 0.1) is 5.82 Å². The van der Waals surface area contributed by atoms with Crippen LogP contribution in [0.25, 0.3) is 0 Å². The van der Waals surface area contributed by atoms with Gasteiger partial charge in [0, 0.05) is 29.9 Å². The minimum atomic E-state index is -0.329. The number of carbonyl (C=O) groups excluding carboxylic acids is 1. The molecule has 0 spiro atoms. The zero-order valence-electron chi connectivity index (χ0n) is 10.1. The van der Waals surface area contributed by atoms with Crippen molar-refractivity contribution in [1.29, 1.82) is 0 Å². The van der Waals surface area contributed by atoms with Gasteiger partial charge in [0.2, 0.25) is 0 Å². The van der Waals surface area contributed by atoms with E-state index in [2.05, 4.69) is 21.2 Å². The van der Waals surface area contributed by atoms with Gasteiger partial charge in [-0.15, -0.1) is 0 Å². The molecule has 4 heteroatoms. The molecule has 0 saturated carbocycles. The summed E-state index contributed by atoms with van der Waals surface area (Å²) < 4.78 is 14.2. The Kier molecular flexibility index (Phi) is 5.78. The highest BCUT2D eigenvalue weighted by atomic mass is 79.9. The fourth-order valence-electron chi connectivity index (χ4n) is 1.47. The van der Waals surface area contributed by atoms with Gasteiger partial charge in [0.15, 0.2) is 0 Å². The maximum Gasteiger partial charge on any atom is 0.138 e. The number of benzene rings is 1. The van der Waals surface area contributed by atoms with Crippen molar-refractivity contribution in [1.82, 2.24) is 5.32 Å². The van der Waals surface area contributed by atoms with Crippen LogP contribution in [0.3, 0.4) is 0 Å². The number of hydrogen-bond donors (Lipinski definition) is 1. The molecule has 1 N–H and O–H groups in total. The van der Waals surface area contributed by atoms with Gasteiger partial charge in [0.05, 0.1) is 0 Å². The van der Waals surface area contributed by atoms with Crippen molar-refractivity contribution in [3.8, 4) is 0 Å². The Bertz CT molecular complexity index is 393. The highest BCUT2D eigenvalue weighted by Crippen LogP contribution is 2.16. The van der Waals surface area contributed by atoms with E-state index in [1.165, 1.54) is 6.07 Å². The summed E-state index contributed by atoms with van der Waals surface area (Å²) in [5.41, 5.74) is 0.461. The summed E-state index contributed by atoms with van der Waals surface area (Å²) in [6.07, 6.45) is 0.604. The quantitative estimate of drug-likeness (QED) is 0.875. The maximum absolute atomic E-state index is 13.5. The average molecular weight is 302 g/mol. The molecule has 0 bridgehead atoms. The molecule has 1 aromatic rings. The first-order valence-electron chi connectivity index (χ1n) is 5.68. The SMILES string of the molecule is CC(C)NCCC(=O)Cc1ccc(Br)cc1F. The van der Waals surface area contributed by atoms with E-state index in [9.17, 15) is 9.18 Å². The van der Waals surface area contributed by atoms with Gasteiger partial charge in [-0.3, -0.25) is 4.79 Å². The summed E-state index contributed by atoms with van der Waals surface area (Å²) in [6.45, 7) is 4.70. The molecule has 1 rings (SSSR count). The van der Waals surface area contributed by atoms with Crippen LogP contribution in [0.15, 0.2) is 22.7 Å². The molecular weight excluding hydrogens is 285 g/mol. The summed E-state index contributed by atoms with van der Waals surface area (Å²) in [4.78, 5) is 11.6. The monoisotopic (exact) mass is 301 g/mol. The van der Waals surface area contributed by atoms with Gasteiger partial charge >= 0.3 is 0 Å². The molecule has 0 radical (unpaired) electrons. The number of halogens is 2. The molecule has 0 aliphatic heterocycles. The van der Waals surface area contributed by atoms with E-state index in [1.807, 2.05) is 13.8 Å². The van der Waals surface area contributed by atoms with Crippen LogP contribution in [0.1, 0.15) is 25.8 Å². The third kappa shape index (κ3) is 5.41. The first kappa shape index (κ1) is 14.3. The lowest BCUT2D eigenvalue weighted by Crippen LogP contribution is -2.25. The Hall–Kier alpha value is -0.740. The van der Waals surface area contributed by atoms with Gasteiger partial charge in [0.1, 0.15) is 11.6 Å². The zero-order valence-corrected chi connectivity index (χ0v) is 11.7. The molecule has 0 aliphatic rings. The van der Waals surface area contributed by atoms with E-state index in [1.54, 1.807) is 12.1 Å². The van der Waals surface area contributed by atoms with E-state index < -0.39 is 0 Å². The minimum Gasteiger partial charge on any atom is -0.314 e. The topological polar surface area (TPSA) is 29.1 Å². The van der Waals surface area contributed by atoms with Crippen LogP contribution >= 0.6 is 15.9 Å². The Labute approximate surface area is 110 Å². The lowest BCUT2D eigenvalue weighted by atomic mass is 10.1. The van der Waals surface area contributed by atoms with Crippen LogP contribution in [0.2, 0.25) is 0 Å². The summed E-state index contributed by atoms with van der Waals surface area (Å²) >= 11 is 3.19. The van der Waals surface area contributed by atoms with E-state index >= 15 is 0 Å². The van der Waals surface area contributed by atoms with Gasteiger partial charge in [-0.05, 0) is 17.7 Å². The molecule has 94 valence electrons. The van der Waals surface area contributed by atoms with E-state index in [0.29, 0.717) is 29.0 Å². The zero-order chi connectivity index (χ0) is 12.8. The van der Waals surface area contributed by atoms with Crippen LogP contribution in [0.4, 0.5) is 4.39 Å². The molecule has 1 aromatic carbocycles. The maximum atomic E-state index is 13.5. The number of hydrogen-bond acceptors (Lipinski definition) is 2. The van der Waals surface area contributed by atoms with Crippen molar-refractivity contribution in [3.05, 3.63) is 34.1 Å². The average Bonchev–Trinajstić information content (AvgIpc) is 2.21. The number of carbonyl (C=O) groups is 1. The molecule has 0 atom stereocenters. The molecular formula is C13H17BrFNO. The normalized spacial score (nSPS) is 10.9. The number of rotatable bonds is 6. The second-order valence-corrected chi connectivity index (χ2v) is 5.23. The summed E-state index contributed by atoms with van der Waals surface area (Å²) in [6, 6.07) is 5.15. The highest BCUT2D eigenvalue weighted by Gasteiger charge is 2.08. The van der Waals surface area contributed by atoms with Crippen molar-refractivity contribution in [2.24, 2.45) is 0 Å². The van der Waals surface area contributed by atoms with Crippen molar-refractivity contribution >= 4 is 21.7 Å². The number of Topliss-reactive ketones (excluding diaryl/α,β-unsaturated/α-hetero) is 1. The largest absolute Gasteiger partial charge is 0.314 e. The van der Waals surface area contributed by atoms with Gasteiger partial charge < -0.3 is 5.32 Å². The lowest BCUT2D eigenvalue weighted by molar-refractivity contribution is -0.118. The second-order valence-electron chi connectivity index (χ2n) is 4.31. The van der Waals surface area contributed by atoms with E-state index in [4.69, 9.17) is 0 Å². The Morgan fingerprint density at radius 3 is 2.76 bits per heavy atom. The van der Waals surface area contributed by atoms with Crippen LogP contribution in [-0.2, 0) is 11.2 Å². The Morgan fingerprint density at radius 2 is 2.18 bits per heavy atom. The predicted molar refractivity (Wildman–Crippen MR) is 70.6 cm³/mol.